The third-order valence-corrected chi connectivity index (χ3v) is 3.19. The average Bonchev–Trinajstić information content (AvgIpc) is 3.00. The summed E-state index contributed by atoms with van der Waals surface area (Å²) in [6.45, 7) is 1.63. The van der Waals surface area contributed by atoms with Crippen LogP contribution >= 0.6 is 24.0 Å². The van der Waals surface area contributed by atoms with Gasteiger partial charge in [0, 0.05) is 25.4 Å². The number of rotatable bonds is 7. The maximum absolute atomic E-state index is 12.3. The second-order valence-electron chi connectivity index (χ2n) is 5.22. The van der Waals surface area contributed by atoms with Crippen LogP contribution in [0, 0.1) is 0 Å². The fourth-order valence-electron chi connectivity index (χ4n) is 1.97. The first kappa shape index (κ1) is 22.9. The largest absolute Gasteiger partial charge is 0.468 e. The summed E-state index contributed by atoms with van der Waals surface area (Å²) < 4.78 is 43.4. The van der Waals surface area contributed by atoms with Crippen LogP contribution in [0.2, 0.25) is 0 Å². The van der Waals surface area contributed by atoms with Gasteiger partial charge in [0.1, 0.15) is 12.2 Å². The predicted molar refractivity (Wildman–Crippen MR) is 104 cm³/mol. The summed E-state index contributed by atoms with van der Waals surface area (Å²) in [6.07, 6.45) is -1.61. The minimum absolute atomic E-state index is 0. The minimum Gasteiger partial charge on any atom is -0.468 e. The van der Waals surface area contributed by atoms with E-state index in [-0.39, 0.29) is 36.4 Å². The van der Waals surface area contributed by atoms with E-state index in [0.717, 1.165) is 0 Å². The lowest BCUT2D eigenvalue weighted by Gasteiger charge is -2.13. The van der Waals surface area contributed by atoms with Crippen molar-refractivity contribution in [3.8, 4) is 5.88 Å². The van der Waals surface area contributed by atoms with Crippen molar-refractivity contribution in [1.82, 2.24) is 30.4 Å². The molecule has 0 amide bonds. The van der Waals surface area contributed by atoms with Gasteiger partial charge in [0.05, 0.1) is 13.1 Å². The molecule has 0 saturated heterocycles. The molecule has 0 spiro atoms. The first-order chi connectivity index (χ1) is 12.4. The number of hydrogen-bond donors (Lipinski definition) is 2. The van der Waals surface area contributed by atoms with Crippen LogP contribution in [0.25, 0.3) is 0 Å². The van der Waals surface area contributed by atoms with Crippen molar-refractivity contribution in [1.29, 1.82) is 0 Å². The van der Waals surface area contributed by atoms with Gasteiger partial charge in [-0.1, -0.05) is 6.07 Å². The molecule has 0 saturated carbocycles. The van der Waals surface area contributed by atoms with Crippen LogP contribution in [0.4, 0.5) is 13.2 Å². The molecule has 0 aromatic carbocycles. The molecule has 2 rings (SSSR count). The van der Waals surface area contributed by atoms with Gasteiger partial charge in [0.2, 0.25) is 5.88 Å². The quantitative estimate of drug-likeness (QED) is 0.345. The minimum atomic E-state index is -4.43. The van der Waals surface area contributed by atoms with Gasteiger partial charge in [0.25, 0.3) is 0 Å². The smallest absolute Gasteiger partial charge is 0.422 e. The molecule has 2 aromatic heterocycles. The molecule has 0 radical (unpaired) electrons. The number of halogens is 4. The molecule has 150 valence electrons. The number of guanidine groups is 1. The Hall–Kier alpha value is -2.12. The molecule has 2 aromatic rings. The van der Waals surface area contributed by atoms with Crippen molar-refractivity contribution in [2.24, 2.45) is 12.0 Å². The van der Waals surface area contributed by atoms with E-state index in [9.17, 15) is 13.2 Å². The molecule has 8 nitrogen and oxygen atoms in total. The van der Waals surface area contributed by atoms with Crippen molar-refractivity contribution in [3.63, 3.8) is 0 Å². The van der Waals surface area contributed by atoms with Gasteiger partial charge in [-0.2, -0.15) is 18.3 Å². The lowest BCUT2D eigenvalue weighted by atomic mass is 10.3. The monoisotopic (exact) mass is 499 g/mol. The second kappa shape index (κ2) is 10.9. The molecule has 0 fully saturated rings. The Morgan fingerprint density at radius 3 is 2.70 bits per heavy atom. The number of aliphatic imine (C=N–C) groups is 1. The average molecular weight is 499 g/mol. The number of nitrogens with zero attached hydrogens (tertiary/aromatic N) is 5. The molecular weight excluding hydrogens is 478 g/mol. The van der Waals surface area contributed by atoms with Gasteiger partial charge >= 0.3 is 6.18 Å². The molecule has 12 heteroatoms. The zero-order valence-corrected chi connectivity index (χ0v) is 17.2. The Morgan fingerprint density at radius 1 is 1.30 bits per heavy atom. The van der Waals surface area contributed by atoms with Gasteiger partial charge < -0.3 is 15.4 Å². The highest BCUT2D eigenvalue weighted by atomic mass is 127. The number of nitrogens with one attached hydrogen (secondary N) is 2. The molecule has 27 heavy (non-hydrogen) atoms. The van der Waals surface area contributed by atoms with Gasteiger partial charge in [-0.3, -0.25) is 4.68 Å². The lowest BCUT2D eigenvalue weighted by molar-refractivity contribution is -0.154. The summed E-state index contributed by atoms with van der Waals surface area (Å²) in [6, 6.07) is 3.24. The topological polar surface area (TPSA) is 89.2 Å². The molecular formula is C15H21F3IN7O. The van der Waals surface area contributed by atoms with E-state index in [0.29, 0.717) is 30.4 Å². The maximum atomic E-state index is 12.3. The maximum Gasteiger partial charge on any atom is 0.422 e. The third-order valence-electron chi connectivity index (χ3n) is 3.19. The summed E-state index contributed by atoms with van der Waals surface area (Å²) in [5, 5.41) is 10.1. The summed E-state index contributed by atoms with van der Waals surface area (Å²) in [5.41, 5.74) is 0.451. The Morgan fingerprint density at radius 2 is 2.07 bits per heavy atom. The Bertz CT molecular complexity index is 736. The van der Waals surface area contributed by atoms with Crippen LogP contribution in [0.1, 0.15) is 18.3 Å². The highest BCUT2D eigenvalue weighted by molar-refractivity contribution is 14.0. The number of hydrogen-bond acceptors (Lipinski definition) is 5. The van der Waals surface area contributed by atoms with Gasteiger partial charge in [0.15, 0.2) is 12.6 Å². The predicted octanol–water partition coefficient (Wildman–Crippen LogP) is 2.02. The molecule has 0 aliphatic heterocycles. The third kappa shape index (κ3) is 7.97. The number of aromatic nitrogens is 4. The zero-order chi connectivity index (χ0) is 19.0. The molecule has 0 atom stereocenters. The molecule has 2 heterocycles. The Labute approximate surface area is 171 Å². The van der Waals surface area contributed by atoms with Crippen LogP contribution in [-0.2, 0) is 20.1 Å². The van der Waals surface area contributed by atoms with Gasteiger partial charge in [-0.05, 0) is 13.0 Å². The van der Waals surface area contributed by atoms with Crippen molar-refractivity contribution in [3.05, 3.63) is 36.0 Å². The zero-order valence-electron chi connectivity index (χ0n) is 14.8. The van der Waals surface area contributed by atoms with Crippen molar-refractivity contribution >= 4 is 29.9 Å². The summed E-state index contributed by atoms with van der Waals surface area (Å²) in [4.78, 5) is 12.3. The number of alkyl halides is 3. The van der Waals surface area contributed by atoms with E-state index in [1.54, 1.807) is 23.9 Å². The molecule has 0 bridgehead atoms. The van der Waals surface area contributed by atoms with Gasteiger partial charge in [-0.15, -0.1) is 24.0 Å². The first-order valence-corrected chi connectivity index (χ1v) is 7.87. The number of aryl methyl sites for hydroxylation is 1. The summed E-state index contributed by atoms with van der Waals surface area (Å²) in [5.74, 6) is 1.12. The molecule has 0 unspecified atom stereocenters. The second-order valence-corrected chi connectivity index (χ2v) is 5.22. The normalized spacial score (nSPS) is 11.7. The van der Waals surface area contributed by atoms with E-state index in [2.05, 4.69) is 30.7 Å². The lowest BCUT2D eigenvalue weighted by Crippen LogP contribution is -2.37. The standard InChI is InChI=1S/C15H20F3N7O.HI/c1-3-19-14(22-8-12-23-10-24-25(12)2)21-7-11-5-4-6-20-13(11)26-9-15(16,17)18;/h4-6,10H,3,7-9H2,1-2H3,(H2,19,21,22);1H. The SMILES string of the molecule is CCNC(=NCc1cccnc1OCC(F)(F)F)NCc1ncnn1C.I. The van der Waals surface area contributed by atoms with Crippen LogP contribution in [-0.4, -0.2) is 45.0 Å². The molecule has 0 aliphatic rings. The van der Waals surface area contributed by atoms with Crippen LogP contribution in [0.15, 0.2) is 29.6 Å². The molecule has 2 N–H and O–H groups in total. The van der Waals surface area contributed by atoms with E-state index in [1.807, 2.05) is 6.92 Å². The van der Waals surface area contributed by atoms with Crippen LogP contribution < -0.4 is 15.4 Å². The highest BCUT2D eigenvalue weighted by Gasteiger charge is 2.29. The van der Waals surface area contributed by atoms with E-state index in [4.69, 9.17) is 4.74 Å². The first-order valence-electron chi connectivity index (χ1n) is 7.87. The van der Waals surface area contributed by atoms with Crippen molar-refractivity contribution in [2.75, 3.05) is 13.2 Å². The van der Waals surface area contributed by atoms with E-state index in [1.165, 1.54) is 12.5 Å². The molecule has 0 aliphatic carbocycles. The van der Waals surface area contributed by atoms with Crippen molar-refractivity contribution < 1.29 is 17.9 Å². The van der Waals surface area contributed by atoms with Gasteiger partial charge in [-0.25, -0.2) is 15.0 Å². The van der Waals surface area contributed by atoms with E-state index < -0.39 is 12.8 Å². The number of ether oxygens (including phenoxy) is 1. The summed E-state index contributed by atoms with van der Waals surface area (Å²) in [7, 11) is 1.77. The van der Waals surface area contributed by atoms with Crippen molar-refractivity contribution in [2.45, 2.75) is 26.2 Å². The van der Waals surface area contributed by atoms with E-state index >= 15 is 0 Å². The summed E-state index contributed by atoms with van der Waals surface area (Å²) >= 11 is 0. The highest BCUT2D eigenvalue weighted by Crippen LogP contribution is 2.20. The van der Waals surface area contributed by atoms with Crippen LogP contribution in [0.3, 0.4) is 0 Å². The number of pyridine rings is 1. The Kier molecular flexibility index (Phi) is 9.25. The Balaban J connectivity index is 0.00000364. The van der Waals surface area contributed by atoms with Crippen LogP contribution in [0.5, 0.6) is 5.88 Å². The fraction of sp³-hybridized carbons (Fsp3) is 0.467. The fourth-order valence-corrected chi connectivity index (χ4v) is 1.97.